The van der Waals surface area contributed by atoms with Gasteiger partial charge in [0.05, 0.1) is 20.9 Å². The molecule has 5 rings (SSSR count). The van der Waals surface area contributed by atoms with Crippen LogP contribution in [0.1, 0.15) is 40.0 Å². The minimum absolute atomic E-state index is 0.0665. The number of aromatic nitrogens is 1. The van der Waals surface area contributed by atoms with Crippen LogP contribution >= 0.6 is 0 Å². The molecule has 1 aliphatic carbocycles. The molecule has 1 aliphatic heterocycles. The largest absolute Gasteiger partial charge is 0.358 e. The topological polar surface area (TPSA) is 117 Å². The van der Waals surface area contributed by atoms with Gasteiger partial charge < -0.3 is 9.88 Å². The Balaban J connectivity index is 1.36. The number of hydrogen-bond acceptors (Lipinski definition) is 5. The van der Waals surface area contributed by atoms with Crippen molar-refractivity contribution in [2.24, 2.45) is 0 Å². The molecule has 1 saturated heterocycles. The minimum atomic E-state index is -3.91. The molecular weight excluding hydrogens is 456 g/mol. The van der Waals surface area contributed by atoms with Crippen molar-refractivity contribution in [3.8, 4) is 0 Å². The van der Waals surface area contributed by atoms with Crippen LogP contribution in [0.3, 0.4) is 0 Å². The Labute approximate surface area is 197 Å². The number of aromatic amines is 1. The summed E-state index contributed by atoms with van der Waals surface area (Å²) in [6.07, 6.45) is 4.30. The Morgan fingerprint density at radius 2 is 1.79 bits per heavy atom. The molecular formula is C24H26N4O5S. The molecule has 2 heterocycles. The predicted octanol–water partition coefficient (Wildman–Crippen LogP) is 3.41. The van der Waals surface area contributed by atoms with Gasteiger partial charge in [-0.25, -0.2) is 8.42 Å². The molecule has 10 heteroatoms. The number of nitrogens with zero attached hydrogens (tertiary/aromatic N) is 3. The molecule has 2 aliphatic rings. The van der Waals surface area contributed by atoms with Crippen LogP contribution in [-0.2, 0) is 22.9 Å². The van der Waals surface area contributed by atoms with Crippen LogP contribution in [0.15, 0.2) is 41.3 Å². The number of nitro groups is 1. The number of rotatable bonds is 4. The molecule has 0 atom stereocenters. The van der Waals surface area contributed by atoms with Gasteiger partial charge in [0.15, 0.2) is 0 Å². The van der Waals surface area contributed by atoms with Crippen molar-refractivity contribution in [2.45, 2.75) is 37.5 Å². The number of nitrogens with one attached hydrogen (secondary N) is 1. The first-order valence-corrected chi connectivity index (χ1v) is 12.9. The second-order valence-electron chi connectivity index (χ2n) is 8.92. The van der Waals surface area contributed by atoms with E-state index in [1.807, 2.05) is 12.1 Å². The highest BCUT2D eigenvalue weighted by Crippen LogP contribution is 2.32. The number of nitro benzene ring substituents is 1. The van der Waals surface area contributed by atoms with E-state index in [1.165, 1.54) is 27.7 Å². The molecule has 178 valence electrons. The van der Waals surface area contributed by atoms with E-state index in [0.29, 0.717) is 11.1 Å². The van der Waals surface area contributed by atoms with E-state index in [4.69, 9.17) is 0 Å². The molecule has 0 saturated carbocycles. The zero-order valence-electron chi connectivity index (χ0n) is 18.9. The molecule has 34 heavy (non-hydrogen) atoms. The first-order chi connectivity index (χ1) is 16.3. The van der Waals surface area contributed by atoms with Crippen LogP contribution < -0.4 is 0 Å². The lowest BCUT2D eigenvalue weighted by atomic mass is 9.95. The zero-order valence-corrected chi connectivity index (χ0v) is 19.7. The van der Waals surface area contributed by atoms with Crippen molar-refractivity contribution in [1.29, 1.82) is 0 Å². The maximum absolute atomic E-state index is 13.4. The maximum Gasteiger partial charge on any atom is 0.270 e. The highest BCUT2D eigenvalue weighted by Gasteiger charge is 2.33. The standard InChI is InChI=1S/C24H26N4O5S/c1-16-9-10-17(28(30)31)15-22(16)34(32,33)27-13-11-26(12-14-27)24(29)20-7-4-6-19-18-5-2-3-8-21(18)25-23(19)20/h4,6-7,9-10,15,25H,2-3,5,8,11-14H2,1H3. The summed E-state index contributed by atoms with van der Waals surface area (Å²) in [6.45, 7) is 2.39. The number of aryl methyl sites for hydroxylation is 3. The van der Waals surface area contributed by atoms with Gasteiger partial charge in [0.1, 0.15) is 0 Å². The van der Waals surface area contributed by atoms with E-state index < -0.39 is 14.9 Å². The summed E-state index contributed by atoms with van der Waals surface area (Å²) >= 11 is 0. The monoisotopic (exact) mass is 482 g/mol. The fourth-order valence-corrected chi connectivity index (χ4v) is 6.70. The third kappa shape index (κ3) is 3.76. The summed E-state index contributed by atoms with van der Waals surface area (Å²) in [5.74, 6) is -0.118. The average Bonchev–Trinajstić information content (AvgIpc) is 3.22. The third-order valence-corrected chi connectivity index (χ3v) is 8.93. The number of hydrogen-bond donors (Lipinski definition) is 1. The molecule has 1 N–H and O–H groups in total. The van der Waals surface area contributed by atoms with E-state index in [2.05, 4.69) is 11.1 Å². The molecule has 0 bridgehead atoms. The number of piperazine rings is 1. The van der Waals surface area contributed by atoms with Crippen molar-refractivity contribution in [2.75, 3.05) is 26.2 Å². The van der Waals surface area contributed by atoms with Crippen LogP contribution in [0.4, 0.5) is 5.69 Å². The number of sulfonamides is 1. The highest BCUT2D eigenvalue weighted by atomic mass is 32.2. The Morgan fingerprint density at radius 1 is 1.06 bits per heavy atom. The van der Waals surface area contributed by atoms with Gasteiger partial charge in [-0.05, 0) is 49.8 Å². The van der Waals surface area contributed by atoms with Crippen LogP contribution in [0.5, 0.6) is 0 Å². The Morgan fingerprint density at radius 3 is 2.53 bits per heavy atom. The quantitative estimate of drug-likeness (QED) is 0.452. The van der Waals surface area contributed by atoms with Crippen LogP contribution in [0.25, 0.3) is 10.9 Å². The second kappa shape index (κ2) is 8.52. The van der Waals surface area contributed by atoms with Gasteiger partial charge in [-0.2, -0.15) is 4.31 Å². The fraction of sp³-hybridized carbons (Fsp3) is 0.375. The van der Waals surface area contributed by atoms with Gasteiger partial charge >= 0.3 is 0 Å². The highest BCUT2D eigenvalue weighted by molar-refractivity contribution is 7.89. The summed E-state index contributed by atoms with van der Waals surface area (Å²) < 4.78 is 27.7. The second-order valence-corrected chi connectivity index (χ2v) is 10.8. The minimum Gasteiger partial charge on any atom is -0.358 e. The number of amides is 1. The molecule has 0 spiro atoms. The van der Waals surface area contributed by atoms with E-state index in [9.17, 15) is 23.3 Å². The number of carbonyl (C=O) groups is 1. The third-order valence-electron chi connectivity index (χ3n) is 6.89. The number of fused-ring (bicyclic) bond motifs is 3. The van der Waals surface area contributed by atoms with Gasteiger partial charge in [-0.15, -0.1) is 0 Å². The number of non-ortho nitro benzene ring substituents is 1. The van der Waals surface area contributed by atoms with Crippen molar-refractivity contribution in [3.05, 3.63) is 68.9 Å². The van der Waals surface area contributed by atoms with E-state index in [-0.39, 0.29) is 42.7 Å². The van der Waals surface area contributed by atoms with Gasteiger partial charge in [0.25, 0.3) is 11.6 Å². The molecule has 3 aromatic rings. The SMILES string of the molecule is Cc1ccc([N+](=O)[O-])cc1S(=O)(=O)N1CCN(C(=O)c2cccc3c4c([nH]c23)CCCC4)CC1. The van der Waals surface area contributed by atoms with Crippen molar-refractivity contribution < 1.29 is 18.1 Å². The van der Waals surface area contributed by atoms with Crippen molar-refractivity contribution >= 4 is 32.5 Å². The van der Waals surface area contributed by atoms with Crippen LogP contribution in [0, 0.1) is 17.0 Å². The Kier molecular flexibility index (Phi) is 5.65. The number of benzene rings is 2. The van der Waals surface area contributed by atoms with E-state index >= 15 is 0 Å². The molecule has 1 amide bonds. The summed E-state index contributed by atoms with van der Waals surface area (Å²) in [5, 5.41) is 12.2. The van der Waals surface area contributed by atoms with Gasteiger partial charge in [-0.3, -0.25) is 14.9 Å². The summed E-state index contributed by atoms with van der Waals surface area (Å²) in [4.78, 5) is 29.0. The number of H-pyrrole nitrogens is 1. The van der Waals surface area contributed by atoms with Crippen molar-refractivity contribution in [3.63, 3.8) is 0 Å². The fourth-order valence-electron chi connectivity index (χ4n) is 5.03. The zero-order chi connectivity index (χ0) is 24.0. The first-order valence-electron chi connectivity index (χ1n) is 11.4. The predicted molar refractivity (Wildman–Crippen MR) is 127 cm³/mol. The smallest absolute Gasteiger partial charge is 0.270 e. The summed E-state index contributed by atoms with van der Waals surface area (Å²) in [6, 6.07) is 9.63. The molecule has 0 radical (unpaired) electrons. The molecule has 1 fully saturated rings. The average molecular weight is 483 g/mol. The lowest BCUT2D eigenvalue weighted by Gasteiger charge is -2.34. The summed E-state index contributed by atoms with van der Waals surface area (Å²) in [7, 11) is -3.91. The molecule has 0 unspecified atom stereocenters. The normalized spacial score (nSPS) is 17.0. The maximum atomic E-state index is 13.4. The van der Waals surface area contributed by atoms with Crippen LogP contribution in [0.2, 0.25) is 0 Å². The summed E-state index contributed by atoms with van der Waals surface area (Å²) in [5.41, 5.74) is 4.18. The van der Waals surface area contributed by atoms with E-state index in [1.54, 1.807) is 11.8 Å². The molecule has 2 aromatic carbocycles. The lowest BCUT2D eigenvalue weighted by molar-refractivity contribution is -0.385. The Hall–Kier alpha value is -3.24. The van der Waals surface area contributed by atoms with Gasteiger partial charge in [0.2, 0.25) is 10.0 Å². The Bertz CT molecular complexity index is 1400. The van der Waals surface area contributed by atoms with Gasteiger partial charge in [0, 0.05) is 49.4 Å². The lowest BCUT2D eigenvalue weighted by Crippen LogP contribution is -2.50. The number of para-hydroxylation sites is 1. The number of carbonyl (C=O) groups excluding carboxylic acids is 1. The van der Waals surface area contributed by atoms with Crippen molar-refractivity contribution in [1.82, 2.24) is 14.2 Å². The molecule has 9 nitrogen and oxygen atoms in total. The van der Waals surface area contributed by atoms with Gasteiger partial charge in [-0.1, -0.05) is 18.2 Å². The molecule has 1 aromatic heterocycles. The van der Waals surface area contributed by atoms with E-state index in [0.717, 1.165) is 42.7 Å². The first kappa shape index (κ1) is 22.5. The van der Waals surface area contributed by atoms with Crippen LogP contribution in [-0.4, -0.2) is 59.6 Å².